The molecule has 3 N–H and O–H groups in total. The summed E-state index contributed by atoms with van der Waals surface area (Å²) in [6.45, 7) is 5.59. The highest BCUT2D eigenvalue weighted by Gasteiger charge is 2.29. The Labute approximate surface area is 192 Å². The van der Waals surface area contributed by atoms with Crippen LogP contribution in [-0.2, 0) is 4.74 Å². The molecule has 1 saturated carbocycles. The Morgan fingerprint density at radius 3 is 2.64 bits per heavy atom. The smallest absolute Gasteiger partial charge is 0.410 e. The zero-order valence-electron chi connectivity index (χ0n) is 19.4. The van der Waals surface area contributed by atoms with E-state index in [1.165, 1.54) is 12.3 Å². The third kappa shape index (κ3) is 5.15. The molecule has 3 aromatic heterocycles. The fraction of sp³-hybridized carbons (Fsp3) is 0.478. The SMILES string of the molecule is CN(C(=O)OC(C)(C)C)C1CCC(Nc2nc(-c3cnc4ccc(F)cn34)ncc2N)CC1. The highest BCUT2D eigenvalue weighted by molar-refractivity contribution is 5.68. The average molecular weight is 456 g/mol. The largest absolute Gasteiger partial charge is 0.444 e. The summed E-state index contributed by atoms with van der Waals surface area (Å²) >= 11 is 0. The number of nitrogens with one attached hydrogen (secondary N) is 1. The van der Waals surface area contributed by atoms with E-state index in [0.717, 1.165) is 25.7 Å². The van der Waals surface area contributed by atoms with Gasteiger partial charge >= 0.3 is 6.09 Å². The van der Waals surface area contributed by atoms with Crippen molar-refractivity contribution in [1.82, 2.24) is 24.3 Å². The summed E-state index contributed by atoms with van der Waals surface area (Å²) in [5, 5.41) is 3.42. The number of nitrogen functional groups attached to an aromatic ring is 1. The number of carbonyl (C=O) groups excluding carboxylic acids is 1. The molecule has 4 rings (SSSR count). The van der Waals surface area contributed by atoms with E-state index in [1.807, 2.05) is 20.8 Å². The van der Waals surface area contributed by atoms with Crippen molar-refractivity contribution in [2.24, 2.45) is 0 Å². The minimum atomic E-state index is -0.515. The molecule has 3 heterocycles. The van der Waals surface area contributed by atoms with Crippen LogP contribution < -0.4 is 11.1 Å². The lowest BCUT2D eigenvalue weighted by Gasteiger charge is -2.36. The van der Waals surface area contributed by atoms with E-state index >= 15 is 0 Å². The molecule has 0 bridgehead atoms. The molecule has 1 aliphatic carbocycles. The van der Waals surface area contributed by atoms with Gasteiger partial charge in [0.1, 0.15) is 22.8 Å². The lowest BCUT2D eigenvalue weighted by atomic mass is 9.90. The summed E-state index contributed by atoms with van der Waals surface area (Å²) in [5.74, 6) is 0.571. The molecule has 33 heavy (non-hydrogen) atoms. The normalized spacial score (nSPS) is 18.8. The fourth-order valence-electron chi connectivity index (χ4n) is 4.03. The summed E-state index contributed by atoms with van der Waals surface area (Å²) in [6.07, 6.45) is 7.62. The van der Waals surface area contributed by atoms with E-state index in [9.17, 15) is 9.18 Å². The maximum atomic E-state index is 13.7. The van der Waals surface area contributed by atoms with Crippen molar-refractivity contribution in [3.05, 3.63) is 36.5 Å². The second-order valence-electron chi connectivity index (χ2n) is 9.46. The molecule has 0 spiro atoms. The van der Waals surface area contributed by atoms with Gasteiger partial charge in [-0.2, -0.15) is 0 Å². The number of nitrogens with zero attached hydrogens (tertiary/aromatic N) is 5. The predicted molar refractivity (Wildman–Crippen MR) is 124 cm³/mol. The number of imidazole rings is 1. The number of hydrogen-bond donors (Lipinski definition) is 2. The van der Waals surface area contributed by atoms with E-state index in [0.29, 0.717) is 28.7 Å². The number of fused-ring (bicyclic) bond motifs is 1. The number of carbonyl (C=O) groups is 1. The molecule has 3 aromatic rings. The second-order valence-corrected chi connectivity index (χ2v) is 9.46. The number of aromatic nitrogens is 4. The molecule has 0 aliphatic heterocycles. The van der Waals surface area contributed by atoms with Crippen LogP contribution in [0.4, 0.5) is 20.7 Å². The molecule has 10 heteroatoms. The molecule has 1 aliphatic rings. The molecule has 0 atom stereocenters. The van der Waals surface area contributed by atoms with Crippen LogP contribution in [0, 0.1) is 5.82 Å². The Morgan fingerprint density at radius 2 is 1.94 bits per heavy atom. The molecular formula is C23H30FN7O2. The molecule has 9 nitrogen and oxygen atoms in total. The van der Waals surface area contributed by atoms with E-state index in [1.54, 1.807) is 34.8 Å². The Morgan fingerprint density at radius 1 is 1.21 bits per heavy atom. The lowest BCUT2D eigenvalue weighted by molar-refractivity contribution is 0.0185. The number of ether oxygens (including phenoxy) is 1. The van der Waals surface area contributed by atoms with Gasteiger partial charge in [0.15, 0.2) is 11.6 Å². The summed E-state index contributed by atoms with van der Waals surface area (Å²) in [5.41, 5.74) is 7.24. The minimum absolute atomic E-state index is 0.129. The number of hydrogen-bond acceptors (Lipinski definition) is 7. The molecular weight excluding hydrogens is 425 g/mol. The van der Waals surface area contributed by atoms with Gasteiger partial charge in [-0.25, -0.2) is 24.1 Å². The Balaban J connectivity index is 1.43. The van der Waals surface area contributed by atoms with Gasteiger partial charge in [0.25, 0.3) is 0 Å². The monoisotopic (exact) mass is 455 g/mol. The van der Waals surface area contributed by atoms with E-state index in [-0.39, 0.29) is 24.0 Å². The van der Waals surface area contributed by atoms with Crippen LogP contribution in [0.3, 0.4) is 0 Å². The summed E-state index contributed by atoms with van der Waals surface area (Å²) in [6, 6.07) is 3.25. The van der Waals surface area contributed by atoms with Gasteiger partial charge in [-0.05, 0) is 58.6 Å². The highest BCUT2D eigenvalue weighted by atomic mass is 19.1. The van der Waals surface area contributed by atoms with Crippen molar-refractivity contribution in [2.45, 2.75) is 64.1 Å². The minimum Gasteiger partial charge on any atom is -0.444 e. The summed E-state index contributed by atoms with van der Waals surface area (Å²) in [7, 11) is 1.79. The third-order valence-corrected chi connectivity index (χ3v) is 5.78. The van der Waals surface area contributed by atoms with Crippen molar-refractivity contribution in [3.8, 4) is 11.5 Å². The number of anilines is 2. The third-order valence-electron chi connectivity index (χ3n) is 5.78. The zero-order valence-corrected chi connectivity index (χ0v) is 19.4. The standard InChI is InChI=1S/C23H30FN7O2/c1-23(2,3)33-22(32)30(4)16-8-6-15(7-9-16)28-20-17(25)11-27-21(29-20)18-12-26-19-10-5-14(24)13-31(18)19/h5,10-13,15-16H,6-9,25H2,1-4H3,(H,27,28,29). The first-order chi connectivity index (χ1) is 15.6. The van der Waals surface area contributed by atoms with Crippen molar-refractivity contribution < 1.29 is 13.9 Å². The van der Waals surface area contributed by atoms with Crippen LogP contribution >= 0.6 is 0 Å². The van der Waals surface area contributed by atoms with Gasteiger partial charge in [0.2, 0.25) is 0 Å². The van der Waals surface area contributed by atoms with Crippen LogP contribution in [0.15, 0.2) is 30.7 Å². The quantitative estimate of drug-likeness (QED) is 0.609. The molecule has 0 radical (unpaired) electrons. The molecule has 0 aromatic carbocycles. The van der Waals surface area contributed by atoms with Gasteiger partial charge in [-0.1, -0.05) is 0 Å². The number of nitrogens with two attached hydrogens (primary N) is 1. The first-order valence-electron chi connectivity index (χ1n) is 11.1. The number of pyridine rings is 1. The molecule has 0 saturated heterocycles. The maximum Gasteiger partial charge on any atom is 0.410 e. The van der Waals surface area contributed by atoms with Crippen LogP contribution in [0.25, 0.3) is 17.2 Å². The van der Waals surface area contributed by atoms with E-state index in [2.05, 4.69) is 20.3 Å². The lowest BCUT2D eigenvalue weighted by Crippen LogP contribution is -2.43. The van der Waals surface area contributed by atoms with Gasteiger partial charge in [-0.3, -0.25) is 4.40 Å². The van der Waals surface area contributed by atoms with Crippen LogP contribution in [0.5, 0.6) is 0 Å². The summed E-state index contributed by atoms with van der Waals surface area (Å²) < 4.78 is 20.8. The van der Waals surface area contributed by atoms with Crippen molar-refractivity contribution in [1.29, 1.82) is 0 Å². The zero-order chi connectivity index (χ0) is 23.8. The summed E-state index contributed by atoms with van der Waals surface area (Å²) in [4.78, 5) is 27.3. The Kier molecular flexibility index (Phi) is 6.09. The first kappa shape index (κ1) is 22.8. The van der Waals surface area contributed by atoms with Gasteiger partial charge < -0.3 is 20.7 Å². The van der Waals surface area contributed by atoms with Gasteiger partial charge in [-0.15, -0.1) is 0 Å². The fourth-order valence-corrected chi connectivity index (χ4v) is 4.03. The number of rotatable bonds is 4. The van der Waals surface area contributed by atoms with Crippen LogP contribution in [0.2, 0.25) is 0 Å². The second kappa shape index (κ2) is 8.84. The number of halogens is 1. The van der Waals surface area contributed by atoms with Crippen molar-refractivity contribution >= 4 is 23.2 Å². The van der Waals surface area contributed by atoms with Crippen molar-refractivity contribution in [2.75, 3.05) is 18.1 Å². The van der Waals surface area contributed by atoms with Gasteiger partial charge in [0, 0.05) is 25.3 Å². The Bertz CT molecular complexity index is 1150. The topological polar surface area (TPSA) is 111 Å². The van der Waals surface area contributed by atoms with Crippen LogP contribution in [0.1, 0.15) is 46.5 Å². The molecule has 176 valence electrons. The van der Waals surface area contributed by atoms with E-state index < -0.39 is 5.60 Å². The van der Waals surface area contributed by atoms with Gasteiger partial charge in [0.05, 0.1) is 18.1 Å². The molecule has 0 unspecified atom stereocenters. The Hall–Kier alpha value is -3.43. The van der Waals surface area contributed by atoms with E-state index in [4.69, 9.17) is 10.5 Å². The number of amides is 1. The highest BCUT2D eigenvalue weighted by Crippen LogP contribution is 2.28. The maximum absolute atomic E-state index is 13.7. The first-order valence-corrected chi connectivity index (χ1v) is 11.1. The van der Waals surface area contributed by atoms with Crippen molar-refractivity contribution in [3.63, 3.8) is 0 Å². The molecule has 1 fully saturated rings. The molecule has 1 amide bonds. The van der Waals surface area contributed by atoms with Crippen LogP contribution in [-0.4, -0.2) is 55.1 Å². The average Bonchev–Trinajstić information content (AvgIpc) is 3.17. The predicted octanol–water partition coefficient (Wildman–Crippen LogP) is 4.10.